The van der Waals surface area contributed by atoms with Crippen LogP contribution in [-0.2, 0) is 11.2 Å². The van der Waals surface area contributed by atoms with Crippen LogP contribution in [0.3, 0.4) is 0 Å². The molecule has 1 fully saturated rings. The number of benzene rings is 1. The molecule has 1 aromatic carbocycles. The number of hydrogen-bond donors (Lipinski definition) is 0. The van der Waals surface area contributed by atoms with Crippen molar-refractivity contribution in [3.63, 3.8) is 0 Å². The summed E-state index contributed by atoms with van der Waals surface area (Å²) < 4.78 is 18.9. The third-order valence-electron chi connectivity index (χ3n) is 2.99. The summed E-state index contributed by atoms with van der Waals surface area (Å²) in [6.45, 7) is 1.52. The van der Waals surface area contributed by atoms with Crippen molar-refractivity contribution in [3.8, 4) is 0 Å². The summed E-state index contributed by atoms with van der Waals surface area (Å²) in [4.78, 5) is 0. The van der Waals surface area contributed by atoms with E-state index in [2.05, 4.69) is 15.9 Å². The number of alkyl halides is 1. The van der Waals surface area contributed by atoms with Gasteiger partial charge in [-0.2, -0.15) is 0 Å². The van der Waals surface area contributed by atoms with Gasteiger partial charge in [0.15, 0.2) is 0 Å². The zero-order valence-corrected chi connectivity index (χ0v) is 10.1. The first-order valence-corrected chi connectivity index (χ1v) is 6.25. The highest BCUT2D eigenvalue weighted by Gasteiger charge is 2.34. The van der Waals surface area contributed by atoms with E-state index in [0.29, 0.717) is 0 Å². The smallest absolute Gasteiger partial charge is 0.126 e. The second-order valence-corrected chi connectivity index (χ2v) is 4.77. The Morgan fingerprint density at radius 3 is 2.80 bits per heavy atom. The summed E-state index contributed by atoms with van der Waals surface area (Å²) in [6, 6.07) is 6.99. The second-order valence-electron chi connectivity index (χ2n) is 4.20. The molecular formula is C12H14BrFO. The molecule has 3 heteroatoms. The lowest BCUT2D eigenvalue weighted by Crippen LogP contribution is -2.26. The lowest BCUT2D eigenvalue weighted by Gasteiger charge is -2.24. The molecule has 0 radical (unpaired) electrons. The minimum Gasteiger partial charge on any atom is -0.381 e. The van der Waals surface area contributed by atoms with E-state index in [9.17, 15) is 4.39 Å². The van der Waals surface area contributed by atoms with Crippen LogP contribution in [-0.4, -0.2) is 18.5 Å². The lowest BCUT2D eigenvalue weighted by molar-refractivity contribution is 0.161. The van der Waals surface area contributed by atoms with E-state index in [4.69, 9.17) is 4.74 Å². The standard InChI is InChI=1S/C12H14BrFO/c13-8-12(5-6-15-9-12)7-10-3-1-2-4-11(10)14/h1-4H,5-9H2. The summed E-state index contributed by atoms with van der Waals surface area (Å²) in [6.07, 6.45) is 1.76. The molecule has 0 N–H and O–H groups in total. The zero-order valence-electron chi connectivity index (χ0n) is 8.51. The molecule has 0 saturated carbocycles. The Morgan fingerprint density at radius 1 is 1.40 bits per heavy atom. The topological polar surface area (TPSA) is 9.23 Å². The molecule has 0 bridgehead atoms. The SMILES string of the molecule is Fc1ccccc1CC1(CBr)CCOC1. The quantitative estimate of drug-likeness (QED) is 0.769. The Hall–Kier alpha value is -0.410. The van der Waals surface area contributed by atoms with E-state index in [-0.39, 0.29) is 11.2 Å². The highest BCUT2D eigenvalue weighted by Crippen LogP contribution is 2.34. The maximum Gasteiger partial charge on any atom is 0.126 e. The van der Waals surface area contributed by atoms with Gasteiger partial charge in [-0.05, 0) is 24.5 Å². The summed E-state index contributed by atoms with van der Waals surface area (Å²) in [5.41, 5.74) is 0.879. The molecular weight excluding hydrogens is 259 g/mol. The minimum atomic E-state index is -0.107. The van der Waals surface area contributed by atoms with E-state index >= 15 is 0 Å². The Balaban J connectivity index is 2.16. The van der Waals surface area contributed by atoms with Crippen LogP contribution in [0.2, 0.25) is 0 Å². The average Bonchev–Trinajstić information content (AvgIpc) is 2.71. The van der Waals surface area contributed by atoms with Gasteiger partial charge in [0.05, 0.1) is 6.61 Å². The van der Waals surface area contributed by atoms with Crippen molar-refractivity contribution < 1.29 is 9.13 Å². The minimum absolute atomic E-state index is 0.0855. The van der Waals surface area contributed by atoms with Gasteiger partial charge in [-0.1, -0.05) is 34.1 Å². The fourth-order valence-corrected chi connectivity index (χ4v) is 2.63. The number of halogens is 2. The summed E-state index contributed by atoms with van der Waals surface area (Å²) in [7, 11) is 0. The van der Waals surface area contributed by atoms with E-state index in [0.717, 1.165) is 36.9 Å². The van der Waals surface area contributed by atoms with E-state index in [1.54, 1.807) is 6.07 Å². The molecule has 1 aliphatic heterocycles. The Labute approximate surface area is 97.8 Å². The molecule has 1 saturated heterocycles. The number of hydrogen-bond acceptors (Lipinski definition) is 1. The number of rotatable bonds is 3. The second kappa shape index (κ2) is 4.62. The lowest BCUT2D eigenvalue weighted by atomic mass is 9.83. The van der Waals surface area contributed by atoms with Crippen LogP contribution in [0.1, 0.15) is 12.0 Å². The van der Waals surface area contributed by atoms with Crippen molar-refractivity contribution in [2.75, 3.05) is 18.5 Å². The highest BCUT2D eigenvalue weighted by atomic mass is 79.9. The average molecular weight is 273 g/mol. The van der Waals surface area contributed by atoms with Gasteiger partial charge in [0.2, 0.25) is 0 Å². The Bertz CT molecular complexity index is 334. The molecule has 15 heavy (non-hydrogen) atoms. The van der Waals surface area contributed by atoms with Gasteiger partial charge in [-0.25, -0.2) is 4.39 Å². The van der Waals surface area contributed by atoms with E-state index in [1.165, 1.54) is 6.07 Å². The molecule has 1 aromatic rings. The van der Waals surface area contributed by atoms with Gasteiger partial charge in [0.25, 0.3) is 0 Å². The van der Waals surface area contributed by atoms with Crippen molar-refractivity contribution in [2.45, 2.75) is 12.8 Å². The normalized spacial score (nSPS) is 25.7. The van der Waals surface area contributed by atoms with Crippen LogP contribution >= 0.6 is 15.9 Å². The molecule has 0 amide bonds. The van der Waals surface area contributed by atoms with Gasteiger partial charge in [0, 0.05) is 17.4 Å². The van der Waals surface area contributed by atoms with Crippen LogP contribution in [0, 0.1) is 11.2 Å². The monoisotopic (exact) mass is 272 g/mol. The maximum absolute atomic E-state index is 13.5. The summed E-state index contributed by atoms with van der Waals surface area (Å²) in [5.74, 6) is -0.107. The summed E-state index contributed by atoms with van der Waals surface area (Å²) >= 11 is 3.51. The Morgan fingerprint density at radius 2 is 2.20 bits per heavy atom. The van der Waals surface area contributed by atoms with Gasteiger partial charge in [-0.3, -0.25) is 0 Å². The molecule has 1 unspecified atom stereocenters. The highest BCUT2D eigenvalue weighted by molar-refractivity contribution is 9.09. The predicted molar refractivity (Wildman–Crippen MR) is 61.8 cm³/mol. The zero-order chi connectivity index (χ0) is 10.7. The first kappa shape index (κ1) is 11.1. The van der Waals surface area contributed by atoms with Crippen LogP contribution in [0.25, 0.3) is 0 Å². The van der Waals surface area contributed by atoms with Gasteiger partial charge >= 0.3 is 0 Å². The molecule has 1 nitrogen and oxygen atoms in total. The maximum atomic E-state index is 13.5. The molecule has 1 aliphatic rings. The van der Waals surface area contributed by atoms with Crippen molar-refractivity contribution in [1.29, 1.82) is 0 Å². The van der Waals surface area contributed by atoms with Gasteiger partial charge < -0.3 is 4.74 Å². The molecule has 2 rings (SSSR count). The Kier molecular flexibility index (Phi) is 3.42. The first-order chi connectivity index (χ1) is 7.26. The number of ether oxygens (including phenoxy) is 1. The van der Waals surface area contributed by atoms with Crippen molar-refractivity contribution in [3.05, 3.63) is 35.6 Å². The van der Waals surface area contributed by atoms with Crippen molar-refractivity contribution in [2.24, 2.45) is 5.41 Å². The predicted octanol–water partition coefficient (Wildman–Crippen LogP) is 3.17. The van der Waals surface area contributed by atoms with Crippen LogP contribution in [0.5, 0.6) is 0 Å². The van der Waals surface area contributed by atoms with E-state index in [1.807, 2.05) is 12.1 Å². The van der Waals surface area contributed by atoms with Gasteiger partial charge in [0.1, 0.15) is 5.82 Å². The van der Waals surface area contributed by atoms with Gasteiger partial charge in [-0.15, -0.1) is 0 Å². The molecule has 1 atom stereocenters. The van der Waals surface area contributed by atoms with E-state index < -0.39 is 0 Å². The van der Waals surface area contributed by atoms with Crippen LogP contribution in [0.15, 0.2) is 24.3 Å². The molecule has 1 heterocycles. The molecule has 0 spiro atoms. The molecule has 0 aromatic heterocycles. The summed E-state index contributed by atoms with van der Waals surface area (Å²) in [5, 5.41) is 0.869. The van der Waals surface area contributed by atoms with Crippen molar-refractivity contribution in [1.82, 2.24) is 0 Å². The third kappa shape index (κ3) is 2.40. The fraction of sp³-hybridized carbons (Fsp3) is 0.500. The largest absolute Gasteiger partial charge is 0.381 e. The van der Waals surface area contributed by atoms with Crippen molar-refractivity contribution >= 4 is 15.9 Å². The third-order valence-corrected chi connectivity index (χ3v) is 4.18. The van der Waals surface area contributed by atoms with Crippen LogP contribution < -0.4 is 0 Å². The van der Waals surface area contributed by atoms with Crippen LogP contribution in [0.4, 0.5) is 4.39 Å². The fourth-order valence-electron chi connectivity index (χ4n) is 1.99. The first-order valence-electron chi connectivity index (χ1n) is 5.13. The molecule has 82 valence electrons. The molecule has 0 aliphatic carbocycles.